The zero-order chi connectivity index (χ0) is 11.8. The van der Waals surface area contributed by atoms with Gasteiger partial charge in [0.05, 0.1) is 0 Å². The molecular formula is C14H29NO. The van der Waals surface area contributed by atoms with E-state index in [-0.39, 0.29) is 0 Å². The molecule has 1 rings (SSSR count). The molecule has 1 aliphatic carbocycles. The molecule has 1 fully saturated rings. The van der Waals surface area contributed by atoms with Gasteiger partial charge >= 0.3 is 0 Å². The van der Waals surface area contributed by atoms with Crippen molar-refractivity contribution in [2.45, 2.75) is 45.4 Å². The first-order chi connectivity index (χ1) is 7.77. The lowest BCUT2D eigenvalue weighted by Gasteiger charge is -2.35. The van der Waals surface area contributed by atoms with Crippen molar-refractivity contribution in [3.8, 4) is 0 Å². The lowest BCUT2D eigenvalue weighted by atomic mass is 9.72. The molecule has 2 heteroatoms. The van der Waals surface area contributed by atoms with Crippen LogP contribution in [-0.2, 0) is 4.74 Å². The van der Waals surface area contributed by atoms with E-state index in [9.17, 15) is 0 Å². The fraction of sp³-hybridized carbons (Fsp3) is 1.00. The van der Waals surface area contributed by atoms with E-state index in [0.717, 1.165) is 24.4 Å². The van der Waals surface area contributed by atoms with Gasteiger partial charge in [-0.3, -0.25) is 0 Å². The van der Waals surface area contributed by atoms with Gasteiger partial charge in [-0.05, 0) is 50.6 Å². The zero-order valence-corrected chi connectivity index (χ0v) is 11.3. The lowest BCUT2D eigenvalue weighted by molar-refractivity contribution is 0.159. The van der Waals surface area contributed by atoms with E-state index in [1.165, 1.54) is 45.1 Å². The van der Waals surface area contributed by atoms with E-state index in [2.05, 4.69) is 19.3 Å². The van der Waals surface area contributed by atoms with Crippen molar-refractivity contribution in [2.24, 2.45) is 17.8 Å². The highest BCUT2D eigenvalue weighted by molar-refractivity contribution is 4.79. The SMILES string of the molecule is CNCC1CCC(C)CC1CCCCOC. The highest BCUT2D eigenvalue weighted by Crippen LogP contribution is 2.36. The van der Waals surface area contributed by atoms with Gasteiger partial charge < -0.3 is 10.1 Å². The zero-order valence-electron chi connectivity index (χ0n) is 11.3. The van der Waals surface area contributed by atoms with Crippen molar-refractivity contribution in [2.75, 3.05) is 27.3 Å². The predicted octanol–water partition coefficient (Wildman–Crippen LogP) is 3.07. The van der Waals surface area contributed by atoms with Crippen molar-refractivity contribution in [3.05, 3.63) is 0 Å². The average Bonchev–Trinajstić information content (AvgIpc) is 2.28. The number of rotatable bonds is 7. The predicted molar refractivity (Wildman–Crippen MR) is 69.6 cm³/mol. The summed E-state index contributed by atoms with van der Waals surface area (Å²) in [4.78, 5) is 0. The summed E-state index contributed by atoms with van der Waals surface area (Å²) in [6.45, 7) is 4.55. The van der Waals surface area contributed by atoms with Gasteiger partial charge in [0.25, 0.3) is 0 Å². The van der Waals surface area contributed by atoms with Gasteiger partial charge in [0.1, 0.15) is 0 Å². The first-order valence-corrected chi connectivity index (χ1v) is 6.91. The van der Waals surface area contributed by atoms with Crippen LogP contribution >= 0.6 is 0 Å². The van der Waals surface area contributed by atoms with Crippen molar-refractivity contribution in [1.29, 1.82) is 0 Å². The normalized spacial score (nSPS) is 30.6. The molecule has 0 heterocycles. The molecule has 0 saturated heterocycles. The van der Waals surface area contributed by atoms with Crippen molar-refractivity contribution in [3.63, 3.8) is 0 Å². The third-order valence-electron chi connectivity index (χ3n) is 4.04. The van der Waals surface area contributed by atoms with Crippen LogP contribution < -0.4 is 5.32 Å². The molecule has 0 bridgehead atoms. The Morgan fingerprint density at radius 3 is 2.69 bits per heavy atom. The van der Waals surface area contributed by atoms with E-state index in [0.29, 0.717) is 0 Å². The third kappa shape index (κ3) is 4.84. The van der Waals surface area contributed by atoms with Crippen molar-refractivity contribution in [1.82, 2.24) is 5.32 Å². The van der Waals surface area contributed by atoms with Gasteiger partial charge in [-0.2, -0.15) is 0 Å². The Hall–Kier alpha value is -0.0800. The Labute approximate surface area is 101 Å². The van der Waals surface area contributed by atoms with Crippen LogP contribution in [0.1, 0.15) is 45.4 Å². The molecule has 3 unspecified atom stereocenters. The highest BCUT2D eigenvalue weighted by atomic mass is 16.5. The smallest absolute Gasteiger partial charge is 0.0462 e. The van der Waals surface area contributed by atoms with Crippen molar-refractivity contribution >= 4 is 0 Å². The summed E-state index contributed by atoms with van der Waals surface area (Å²) in [7, 11) is 3.88. The summed E-state index contributed by atoms with van der Waals surface area (Å²) in [6, 6.07) is 0. The topological polar surface area (TPSA) is 21.3 Å². The number of ether oxygens (including phenoxy) is 1. The molecule has 3 atom stereocenters. The second-order valence-corrected chi connectivity index (χ2v) is 5.48. The quantitative estimate of drug-likeness (QED) is 0.675. The largest absolute Gasteiger partial charge is 0.385 e. The first-order valence-electron chi connectivity index (χ1n) is 6.91. The Balaban J connectivity index is 2.26. The molecule has 0 amide bonds. The molecule has 0 aromatic heterocycles. The molecule has 0 radical (unpaired) electrons. The van der Waals surface area contributed by atoms with E-state index in [1.807, 2.05) is 0 Å². The number of nitrogens with one attached hydrogen (secondary N) is 1. The van der Waals surface area contributed by atoms with E-state index in [4.69, 9.17) is 4.74 Å². The summed E-state index contributed by atoms with van der Waals surface area (Å²) in [5.41, 5.74) is 0. The van der Waals surface area contributed by atoms with Gasteiger partial charge in [-0.1, -0.05) is 26.2 Å². The maximum atomic E-state index is 5.11. The Bertz CT molecular complexity index is 172. The maximum Gasteiger partial charge on any atom is 0.0462 e. The molecule has 0 aliphatic heterocycles. The Morgan fingerprint density at radius 2 is 2.00 bits per heavy atom. The van der Waals surface area contributed by atoms with Crippen LogP contribution in [-0.4, -0.2) is 27.3 Å². The number of methoxy groups -OCH3 is 1. The summed E-state index contributed by atoms with van der Waals surface area (Å²) in [6.07, 6.45) is 8.27. The minimum atomic E-state index is 0.920. The van der Waals surface area contributed by atoms with Gasteiger partial charge in [0.2, 0.25) is 0 Å². The van der Waals surface area contributed by atoms with Crippen LogP contribution in [0.5, 0.6) is 0 Å². The fourth-order valence-corrected chi connectivity index (χ4v) is 3.10. The van der Waals surface area contributed by atoms with Gasteiger partial charge in [0, 0.05) is 13.7 Å². The van der Waals surface area contributed by atoms with Gasteiger partial charge in [-0.25, -0.2) is 0 Å². The van der Waals surface area contributed by atoms with Crippen LogP contribution in [0, 0.1) is 17.8 Å². The first kappa shape index (κ1) is 14.0. The molecule has 0 aromatic rings. The Kier molecular flexibility index (Phi) is 7.06. The minimum Gasteiger partial charge on any atom is -0.385 e. The lowest BCUT2D eigenvalue weighted by Crippen LogP contribution is -2.31. The Morgan fingerprint density at radius 1 is 1.19 bits per heavy atom. The number of hydrogen-bond acceptors (Lipinski definition) is 2. The number of hydrogen-bond donors (Lipinski definition) is 1. The van der Waals surface area contributed by atoms with Crippen LogP contribution in [0.3, 0.4) is 0 Å². The molecule has 16 heavy (non-hydrogen) atoms. The van der Waals surface area contributed by atoms with Crippen LogP contribution in [0.2, 0.25) is 0 Å². The molecule has 0 aromatic carbocycles. The molecule has 0 spiro atoms. The maximum absolute atomic E-state index is 5.11. The monoisotopic (exact) mass is 227 g/mol. The van der Waals surface area contributed by atoms with E-state index >= 15 is 0 Å². The molecular weight excluding hydrogens is 198 g/mol. The summed E-state index contributed by atoms with van der Waals surface area (Å²) < 4.78 is 5.11. The summed E-state index contributed by atoms with van der Waals surface area (Å²) in [5.74, 6) is 2.82. The van der Waals surface area contributed by atoms with Crippen LogP contribution in [0.25, 0.3) is 0 Å². The second kappa shape index (κ2) is 8.08. The molecule has 96 valence electrons. The van der Waals surface area contributed by atoms with E-state index < -0.39 is 0 Å². The second-order valence-electron chi connectivity index (χ2n) is 5.48. The standard InChI is InChI=1S/C14H29NO/c1-12-7-8-14(11-15-2)13(10-12)6-4-5-9-16-3/h12-15H,4-11H2,1-3H3. The highest BCUT2D eigenvalue weighted by Gasteiger charge is 2.27. The van der Waals surface area contributed by atoms with Gasteiger partial charge in [-0.15, -0.1) is 0 Å². The minimum absolute atomic E-state index is 0.920. The fourth-order valence-electron chi connectivity index (χ4n) is 3.10. The van der Waals surface area contributed by atoms with Crippen molar-refractivity contribution < 1.29 is 4.74 Å². The molecule has 1 N–H and O–H groups in total. The van der Waals surface area contributed by atoms with Crippen LogP contribution in [0.4, 0.5) is 0 Å². The van der Waals surface area contributed by atoms with Crippen LogP contribution in [0.15, 0.2) is 0 Å². The molecule has 1 aliphatic rings. The summed E-state index contributed by atoms with van der Waals surface area (Å²) in [5, 5.41) is 3.36. The summed E-state index contributed by atoms with van der Waals surface area (Å²) >= 11 is 0. The third-order valence-corrected chi connectivity index (χ3v) is 4.04. The molecule has 1 saturated carbocycles. The van der Waals surface area contributed by atoms with Gasteiger partial charge in [0.15, 0.2) is 0 Å². The average molecular weight is 227 g/mol. The molecule has 2 nitrogen and oxygen atoms in total. The number of unbranched alkanes of at least 4 members (excludes halogenated alkanes) is 1. The van der Waals surface area contributed by atoms with E-state index in [1.54, 1.807) is 7.11 Å².